The maximum Gasteiger partial charge on any atom is 0.148 e. The fourth-order valence-electron chi connectivity index (χ4n) is 5.17. The molecule has 164 valence electrons. The minimum Gasteiger partial charge on any atom is -0.398 e. The Morgan fingerprint density at radius 3 is 2.65 bits per heavy atom. The van der Waals surface area contributed by atoms with E-state index in [9.17, 15) is 0 Å². The number of hydrogen-bond acceptors (Lipinski definition) is 5. The Bertz CT molecular complexity index is 1150. The highest BCUT2D eigenvalue weighted by Gasteiger charge is 2.47. The highest BCUT2D eigenvalue weighted by atomic mass is 35.5. The fourth-order valence-corrected chi connectivity index (χ4v) is 5.56. The Morgan fingerprint density at radius 2 is 1.97 bits per heavy atom. The molecule has 1 spiro atoms. The Kier molecular flexibility index (Phi) is 5.09. The molecule has 2 aliphatic rings. The molecule has 2 fully saturated rings. The number of aryl methyl sites for hydroxylation is 1. The number of benzene rings is 1. The number of nitrogen functional groups attached to an aromatic ring is 1. The van der Waals surface area contributed by atoms with Gasteiger partial charge in [-0.15, -0.1) is 0 Å². The van der Waals surface area contributed by atoms with E-state index in [0.29, 0.717) is 15.7 Å². The lowest BCUT2D eigenvalue weighted by Gasteiger charge is -2.42. The van der Waals surface area contributed by atoms with Crippen molar-refractivity contribution in [3.63, 3.8) is 0 Å². The van der Waals surface area contributed by atoms with E-state index in [-0.39, 0.29) is 17.6 Å². The van der Waals surface area contributed by atoms with Gasteiger partial charge in [-0.3, -0.25) is 4.40 Å². The first kappa shape index (κ1) is 20.9. The lowest BCUT2D eigenvalue weighted by atomic mass is 9.73. The van der Waals surface area contributed by atoms with Crippen LogP contribution in [0, 0.1) is 12.3 Å². The fraction of sp³-hybridized carbons (Fsp3) is 0.435. The van der Waals surface area contributed by atoms with Gasteiger partial charge in [0, 0.05) is 59.3 Å². The van der Waals surface area contributed by atoms with Gasteiger partial charge in [0.1, 0.15) is 11.5 Å². The third-order valence-corrected chi connectivity index (χ3v) is 7.93. The maximum absolute atomic E-state index is 6.59. The van der Waals surface area contributed by atoms with E-state index in [1.807, 2.05) is 24.4 Å². The van der Waals surface area contributed by atoms with E-state index < -0.39 is 0 Å². The van der Waals surface area contributed by atoms with Crippen molar-refractivity contribution in [3.8, 4) is 11.1 Å². The molecule has 6 nitrogen and oxygen atoms in total. The Hall–Kier alpha value is -1.99. The van der Waals surface area contributed by atoms with Crippen LogP contribution in [0.15, 0.2) is 30.5 Å². The van der Waals surface area contributed by atoms with Crippen LogP contribution >= 0.6 is 23.2 Å². The lowest BCUT2D eigenvalue weighted by molar-refractivity contribution is 0.0974. The van der Waals surface area contributed by atoms with Crippen molar-refractivity contribution in [2.24, 2.45) is 11.1 Å². The van der Waals surface area contributed by atoms with Crippen molar-refractivity contribution in [1.82, 2.24) is 9.38 Å². The molecule has 0 aliphatic carbocycles. The molecule has 1 unspecified atom stereocenters. The van der Waals surface area contributed by atoms with Crippen molar-refractivity contribution in [1.29, 1.82) is 0 Å². The zero-order valence-corrected chi connectivity index (χ0v) is 19.2. The molecule has 8 heteroatoms. The summed E-state index contributed by atoms with van der Waals surface area (Å²) >= 11 is 12.8. The van der Waals surface area contributed by atoms with Crippen molar-refractivity contribution in [2.45, 2.75) is 38.8 Å². The molecule has 0 bridgehead atoms. The zero-order chi connectivity index (χ0) is 21.9. The predicted molar refractivity (Wildman–Crippen MR) is 127 cm³/mol. The monoisotopic (exact) mass is 459 g/mol. The molecule has 2 aliphatic heterocycles. The van der Waals surface area contributed by atoms with Crippen LogP contribution in [-0.2, 0) is 4.74 Å². The van der Waals surface area contributed by atoms with E-state index in [1.54, 1.807) is 6.07 Å². The average Bonchev–Trinajstić information content (AvgIpc) is 3.27. The van der Waals surface area contributed by atoms with Crippen LogP contribution in [0.3, 0.4) is 0 Å². The molecule has 0 amide bonds. The van der Waals surface area contributed by atoms with Crippen LogP contribution in [-0.4, -0.2) is 41.2 Å². The number of hydrogen-bond donors (Lipinski definition) is 2. The minimum atomic E-state index is 0.0683. The van der Waals surface area contributed by atoms with Crippen LogP contribution in [0.25, 0.3) is 16.8 Å². The molecule has 3 aromatic rings. The SMILES string of the molecule is Cc1cnc2c(-c3cccc(Cl)c3Cl)c(N)cc(N3CCC4(CC3)COC(C)[C@H]4N)n12. The van der Waals surface area contributed by atoms with Gasteiger partial charge in [-0.25, -0.2) is 4.98 Å². The predicted octanol–water partition coefficient (Wildman–Crippen LogP) is 4.53. The molecule has 1 aromatic carbocycles. The first-order chi connectivity index (χ1) is 14.8. The summed E-state index contributed by atoms with van der Waals surface area (Å²) in [4.78, 5) is 7.07. The molecule has 5 rings (SSSR count). The number of ether oxygens (including phenoxy) is 1. The first-order valence-electron chi connectivity index (χ1n) is 10.7. The van der Waals surface area contributed by atoms with Gasteiger partial charge in [-0.1, -0.05) is 35.3 Å². The number of nitrogens with two attached hydrogens (primary N) is 2. The molecule has 2 atom stereocenters. The number of fused-ring (bicyclic) bond motifs is 1. The van der Waals surface area contributed by atoms with Gasteiger partial charge in [0.25, 0.3) is 0 Å². The van der Waals surface area contributed by atoms with Crippen LogP contribution in [0.1, 0.15) is 25.5 Å². The van der Waals surface area contributed by atoms with Crippen molar-refractivity contribution in [3.05, 3.63) is 46.2 Å². The molecule has 0 saturated carbocycles. The number of pyridine rings is 1. The number of piperidine rings is 1. The van der Waals surface area contributed by atoms with Crippen molar-refractivity contribution < 1.29 is 4.74 Å². The Labute approximate surface area is 192 Å². The first-order valence-corrected chi connectivity index (χ1v) is 11.4. The number of aromatic nitrogens is 2. The van der Waals surface area contributed by atoms with Crippen LogP contribution in [0.4, 0.5) is 11.5 Å². The number of halogens is 2. The molecular weight excluding hydrogens is 433 g/mol. The van der Waals surface area contributed by atoms with Crippen LogP contribution in [0.5, 0.6) is 0 Å². The van der Waals surface area contributed by atoms with E-state index >= 15 is 0 Å². The summed E-state index contributed by atoms with van der Waals surface area (Å²) in [5.74, 6) is 1.04. The number of imidazole rings is 1. The van der Waals surface area contributed by atoms with Gasteiger partial charge in [-0.05, 0) is 32.8 Å². The number of rotatable bonds is 2. The van der Waals surface area contributed by atoms with Crippen molar-refractivity contribution in [2.75, 3.05) is 30.3 Å². The third-order valence-electron chi connectivity index (χ3n) is 7.11. The highest BCUT2D eigenvalue weighted by Crippen LogP contribution is 2.44. The summed E-state index contributed by atoms with van der Waals surface area (Å²) in [6, 6.07) is 7.69. The summed E-state index contributed by atoms with van der Waals surface area (Å²) in [6.45, 7) is 6.67. The molecule has 4 N–H and O–H groups in total. The van der Waals surface area contributed by atoms with Gasteiger partial charge < -0.3 is 21.1 Å². The Morgan fingerprint density at radius 1 is 1.23 bits per heavy atom. The van der Waals surface area contributed by atoms with Gasteiger partial charge >= 0.3 is 0 Å². The summed E-state index contributed by atoms with van der Waals surface area (Å²) in [7, 11) is 0. The van der Waals surface area contributed by atoms with E-state index in [2.05, 4.69) is 28.1 Å². The number of anilines is 2. The van der Waals surface area contributed by atoms with E-state index in [1.165, 1.54) is 0 Å². The molecule has 2 saturated heterocycles. The van der Waals surface area contributed by atoms with E-state index in [0.717, 1.165) is 60.8 Å². The van der Waals surface area contributed by atoms with E-state index in [4.69, 9.17) is 39.4 Å². The van der Waals surface area contributed by atoms with Gasteiger partial charge in [0.05, 0.1) is 22.8 Å². The summed E-state index contributed by atoms with van der Waals surface area (Å²) in [6.07, 6.45) is 3.98. The van der Waals surface area contributed by atoms with Gasteiger partial charge in [-0.2, -0.15) is 0 Å². The smallest absolute Gasteiger partial charge is 0.148 e. The largest absolute Gasteiger partial charge is 0.398 e. The quantitative estimate of drug-likeness (QED) is 0.587. The summed E-state index contributed by atoms with van der Waals surface area (Å²) < 4.78 is 8.04. The van der Waals surface area contributed by atoms with Crippen molar-refractivity contribution >= 4 is 40.4 Å². The Balaban J connectivity index is 1.56. The lowest BCUT2D eigenvalue weighted by Crippen LogP contribution is -2.50. The molecule has 31 heavy (non-hydrogen) atoms. The normalized spacial score (nSPS) is 23.2. The highest BCUT2D eigenvalue weighted by molar-refractivity contribution is 6.44. The molecular formula is C23H27Cl2N5O. The molecule has 4 heterocycles. The molecule has 0 radical (unpaired) electrons. The summed E-state index contributed by atoms with van der Waals surface area (Å²) in [5.41, 5.74) is 17.2. The summed E-state index contributed by atoms with van der Waals surface area (Å²) in [5, 5.41) is 0.977. The van der Waals surface area contributed by atoms with Gasteiger partial charge in [0.2, 0.25) is 0 Å². The maximum atomic E-state index is 6.59. The van der Waals surface area contributed by atoms with Gasteiger partial charge in [0.15, 0.2) is 0 Å². The second-order valence-corrected chi connectivity index (χ2v) is 9.67. The van der Waals surface area contributed by atoms with Crippen LogP contribution in [0.2, 0.25) is 10.0 Å². The second kappa shape index (κ2) is 7.55. The minimum absolute atomic E-state index is 0.0683. The topological polar surface area (TPSA) is 81.8 Å². The second-order valence-electron chi connectivity index (χ2n) is 8.88. The third kappa shape index (κ3) is 3.20. The zero-order valence-electron chi connectivity index (χ0n) is 17.7. The average molecular weight is 460 g/mol. The standard InChI is InChI=1S/C23H27Cl2N5O/c1-13-11-28-22-19(15-4-3-5-16(24)20(15)25)17(26)10-18(30(13)22)29-8-6-23(7-9-29)12-31-14(2)21(23)27/h3-5,10-11,14,21H,6-9,12,26-27H2,1-2H3/t14?,21-/m1/s1. The number of nitrogens with zero attached hydrogens (tertiary/aromatic N) is 3. The molecule has 2 aromatic heterocycles. The van der Waals surface area contributed by atoms with Crippen LogP contribution < -0.4 is 16.4 Å².